The van der Waals surface area contributed by atoms with Crippen LogP contribution in [0.25, 0.3) is 0 Å². The molecule has 6 heteroatoms. The van der Waals surface area contributed by atoms with Crippen molar-refractivity contribution in [1.82, 2.24) is 14.7 Å². The van der Waals surface area contributed by atoms with E-state index in [1.165, 1.54) is 17.2 Å². The fourth-order valence-corrected chi connectivity index (χ4v) is 4.26. The first kappa shape index (κ1) is 17.8. The van der Waals surface area contributed by atoms with Crippen LogP contribution >= 0.6 is 0 Å². The van der Waals surface area contributed by atoms with Crippen LogP contribution in [0.4, 0.5) is 11.5 Å². The Morgan fingerprint density at radius 2 is 2.04 bits per heavy atom. The molecule has 0 radical (unpaired) electrons. The van der Waals surface area contributed by atoms with Crippen molar-refractivity contribution in [1.29, 1.82) is 0 Å². The zero-order valence-corrected chi connectivity index (χ0v) is 16.0. The van der Waals surface area contributed by atoms with Crippen LogP contribution in [0.1, 0.15) is 32.3 Å². The maximum absolute atomic E-state index is 13.4. The molecule has 0 N–H and O–H groups in total. The summed E-state index contributed by atoms with van der Waals surface area (Å²) < 4.78 is 1.45. The molecule has 1 fully saturated rings. The molecular formula is C21H26N4O2. The van der Waals surface area contributed by atoms with Gasteiger partial charge in [-0.05, 0) is 43.4 Å². The predicted molar refractivity (Wildman–Crippen MR) is 105 cm³/mol. The van der Waals surface area contributed by atoms with Crippen molar-refractivity contribution < 1.29 is 4.79 Å². The summed E-state index contributed by atoms with van der Waals surface area (Å²) in [5.74, 6) is 1.36. The third-order valence-electron chi connectivity index (χ3n) is 5.63. The van der Waals surface area contributed by atoms with Gasteiger partial charge in [-0.1, -0.05) is 25.1 Å². The van der Waals surface area contributed by atoms with Crippen molar-refractivity contribution in [2.24, 2.45) is 5.92 Å². The number of aromatic nitrogens is 2. The molecule has 27 heavy (non-hydrogen) atoms. The zero-order valence-electron chi connectivity index (χ0n) is 16.0. The Hall–Kier alpha value is -2.63. The minimum atomic E-state index is -0.303. The summed E-state index contributed by atoms with van der Waals surface area (Å²) in [6, 6.07) is 11.1. The highest BCUT2D eigenvalue weighted by Gasteiger charge is 2.39. The summed E-state index contributed by atoms with van der Waals surface area (Å²) >= 11 is 0. The lowest BCUT2D eigenvalue weighted by molar-refractivity contribution is -0.134. The molecule has 2 atom stereocenters. The summed E-state index contributed by atoms with van der Waals surface area (Å²) in [7, 11) is 0. The Kier molecular flexibility index (Phi) is 4.72. The van der Waals surface area contributed by atoms with E-state index in [1.54, 1.807) is 6.07 Å². The van der Waals surface area contributed by atoms with Crippen LogP contribution in [-0.2, 0) is 17.8 Å². The SMILES string of the molecule is CCn1nc(N2c3ccccc3CC2C(=O)N2CCCC(C)C2)ccc1=O. The Morgan fingerprint density at radius 1 is 1.22 bits per heavy atom. The zero-order chi connectivity index (χ0) is 19.0. The fraction of sp³-hybridized carbons (Fsp3) is 0.476. The van der Waals surface area contributed by atoms with Crippen LogP contribution in [0.5, 0.6) is 0 Å². The minimum Gasteiger partial charge on any atom is -0.341 e. The Bertz CT molecular complexity index is 907. The smallest absolute Gasteiger partial charge is 0.266 e. The monoisotopic (exact) mass is 366 g/mol. The molecule has 1 amide bonds. The van der Waals surface area contributed by atoms with Crippen molar-refractivity contribution in [3.05, 3.63) is 52.3 Å². The van der Waals surface area contributed by atoms with Crippen molar-refractivity contribution >= 4 is 17.4 Å². The Labute approximate surface area is 159 Å². The second kappa shape index (κ2) is 7.18. The lowest BCUT2D eigenvalue weighted by Crippen LogP contribution is -2.49. The minimum absolute atomic E-state index is 0.124. The van der Waals surface area contributed by atoms with E-state index >= 15 is 0 Å². The van der Waals surface area contributed by atoms with Gasteiger partial charge in [0.2, 0.25) is 5.91 Å². The first-order valence-corrected chi connectivity index (χ1v) is 9.82. The third-order valence-corrected chi connectivity index (χ3v) is 5.63. The number of anilines is 2. The van der Waals surface area contributed by atoms with Gasteiger partial charge in [-0.3, -0.25) is 9.59 Å². The first-order chi connectivity index (χ1) is 13.1. The highest BCUT2D eigenvalue weighted by molar-refractivity contribution is 5.91. The molecule has 2 aliphatic heterocycles. The number of carbonyl (C=O) groups is 1. The van der Waals surface area contributed by atoms with Gasteiger partial charge in [0, 0.05) is 37.8 Å². The maximum Gasteiger partial charge on any atom is 0.266 e. The lowest BCUT2D eigenvalue weighted by Gasteiger charge is -2.35. The number of fused-ring (bicyclic) bond motifs is 1. The Balaban J connectivity index is 1.73. The molecule has 0 aliphatic carbocycles. The summed E-state index contributed by atoms with van der Waals surface area (Å²) in [6.45, 7) is 6.25. The normalized spacial score (nSPS) is 22.0. The summed E-state index contributed by atoms with van der Waals surface area (Å²) in [5, 5.41) is 4.52. The highest BCUT2D eigenvalue weighted by Crippen LogP contribution is 2.38. The molecule has 0 bridgehead atoms. The molecule has 0 saturated carbocycles. The first-order valence-electron chi connectivity index (χ1n) is 9.82. The number of aryl methyl sites for hydroxylation is 1. The topological polar surface area (TPSA) is 58.4 Å². The fourth-order valence-electron chi connectivity index (χ4n) is 4.26. The Morgan fingerprint density at radius 3 is 2.81 bits per heavy atom. The number of hydrogen-bond donors (Lipinski definition) is 0. The average Bonchev–Trinajstić information content (AvgIpc) is 3.07. The van der Waals surface area contributed by atoms with E-state index < -0.39 is 0 Å². The molecule has 4 rings (SSSR count). The van der Waals surface area contributed by atoms with Gasteiger partial charge < -0.3 is 9.80 Å². The number of rotatable bonds is 3. The van der Waals surface area contributed by atoms with Gasteiger partial charge in [0.25, 0.3) is 5.56 Å². The number of piperidine rings is 1. The number of carbonyl (C=O) groups excluding carboxylic acids is 1. The molecule has 1 saturated heterocycles. The number of likely N-dealkylation sites (tertiary alicyclic amines) is 1. The molecule has 2 aliphatic rings. The number of para-hydroxylation sites is 1. The van der Waals surface area contributed by atoms with Gasteiger partial charge in [0.15, 0.2) is 5.82 Å². The van der Waals surface area contributed by atoms with E-state index in [-0.39, 0.29) is 17.5 Å². The number of hydrogen-bond acceptors (Lipinski definition) is 4. The number of nitrogens with zero attached hydrogens (tertiary/aromatic N) is 4. The quantitative estimate of drug-likeness (QED) is 0.838. The van der Waals surface area contributed by atoms with Gasteiger partial charge in [-0.25, -0.2) is 4.68 Å². The predicted octanol–water partition coefficient (Wildman–Crippen LogP) is 2.58. The van der Waals surface area contributed by atoms with Gasteiger partial charge in [-0.15, -0.1) is 0 Å². The summed E-state index contributed by atoms with van der Waals surface area (Å²) in [4.78, 5) is 29.4. The van der Waals surface area contributed by atoms with Crippen LogP contribution in [-0.4, -0.2) is 39.7 Å². The second-order valence-electron chi connectivity index (χ2n) is 7.60. The van der Waals surface area contributed by atoms with Crippen LogP contribution in [0.2, 0.25) is 0 Å². The second-order valence-corrected chi connectivity index (χ2v) is 7.60. The molecule has 2 aromatic rings. The molecular weight excluding hydrogens is 340 g/mol. The van der Waals surface area contributed by atoms with E-state index in [2.05, 4.69) is 18.1 Å². The average molecular weight is 366 g/mol. The molecule has 142 valence electrons. The van der Waals surface area contributed by atoms with Gasteiger partial charge in [0.1, 0.15) is 6.04 Å². The number of benzene rings is 1. The molecule has 0 spiro atoms. The van der Waals surface area contributed by atoms with Gasteiger partial charge >= 0.3 is 0 Å². The van der Waals surface area contributed by atoms with Crippen LogP contribution in [0, 0.1) is 5.92 Å². The van der Waals surface area contributed by atoms with E-state index in [9.17, 15) is 9.59 Å². The van der Waals surface area contributed by atoms with E-state index in [0.29, 0.717) is 24.7 Å². The van der Waals surface area contributed by atoms with Gasteiger partial charge in [-0.2, -0.15) is 5.10 Å². The molecule has 1 aromatic carbocycles. The van der Waals surface area contributed by atoms with E-state index in [1.807, 2.05) is 34.9 Å². The molecule has 2 unspecified atom stereocenters. The van der Waals surface area contributed by atoms with E-state index in [0.717, 1.165) is 30.8 Å². The molecule has 6 nitrogen and oxygen atoms in total. The highest BCUT2D eigenvalue weighted by atomic mass is 16.2. The molecule has 1 aromatic heterocycles. The largest absolute Gasteiger partial charge is 0.341 e. The lowest BCUT2D eigenvalue weighted by atomic mass is 9.99. The van der Waals surface area contributed by atoms with Crippen molar-refractivity contribution in [2.45, 2.75) is 45.7 Å². The maximum atomic E-state index is 13.4. The summed E-state index contributed by atoms with van der Waals surface area (Å²) in [5.41, 5.74) is 2.04. The standard InChI is InChI=1S/C21H26N4O2/c1-3-24-20(26)11-10-19(22-24)25-17-9-5-4-8-16(17)13-18(25)21(27)23-12-6-7-15(2)14-23/h4-5,8-11,15,18H,3,6-7,12-14H2,1-2H3. The van der Waals surface area contributed by atoms with Crippen LogP contribution in [0.15, 0.2) is 41.2 Å². The summed E-state index contributed by atoms with van der Waals surface area (Å²) in [6.07, 6.45) is 2.92. The van der Waals surface area contributed by atoms with Crippen LogP contribution < -0.4 is 10.5 Å². The van der Waals surface area contributed by atoms with Crippen LogP contribution in [0.3, 0.4) is 0 Å². The van der Waals surface area contributed by atoms with Crippen molar-refractivity contribution in [2.75, 3.05) is 18.0 Å². The van der Waals surface area contributed by atoms with E-state index in [4.69, 9.17) is 0 Å². The number of amides is 1. The van der Waals surface area contributed by atoms with Crippen molar-refractivity contribution in [3.63, 3.8) is 0 Å². The van der Waals surface area contributed by atoms with Gasteiger partial charge in [0.05, 0.1) is 0 Å². The third kappa shape index (κ3) is 3.24. The van der Waals surface area contributed by atoms with Crippen molar-refractivity contribution in [3.8, 4) is 0 Å². The molecule has 3 heterocycles.